The lowest BCUT2D eigenvalue weighted by atomic mass is 10.1. The second-order valence-corrected chi connectivity index (χ2v) is 4.38. The van der Waals surface area contributed by atoms with Gasteiger partial charge in [-0.15, -0.1) is 0 Å². The van der Waals surface area contributed by atoms with Gasteiger partial charge in [-0.25, -0.2) is 0 Å². The molecule has 0 radical (unpaired) electrons. The van der Waals surface area contributed by atoms with Crippen molar-refractivity contribution in [3.63, 3.8) is 0 Å². The molecule has 1 nitrogen and oxygen atoms in total. The van der Waals surface area contributed by atoms with Crippen LogP contribution >= 0.6 is 0 Å². The molecule has 0 unspecified atom stereocenters. The highest BCUT2D eigenvalue weighted by Crippen LogP contribution is 2.21. The van der Waals surface area contributed by atoms with Crippen LogP contribution in [0.15, 0.2) is 23.2 Å². The van der Waals surface area contributed by atoms with Gasteiger partial charge in [0.25, 0.3) is 0 Å². The number of aryl methyl sites for hydroxylation is 2. The van der Waals surface area contributed by atoms with Crippen molar-refractivity contribution in [3.8, 4) is 0 Å². The van der Waals surface area contributed by atoms with Crippen LogP contribution < -0.4 is 0 Å². The lowest BCUT2D eigenvalue weighted by Crippen LogP contribution is -2.00. The summed E-state index contributed by atoms with van der Waals surface area (Å²) >= 11 is 0. The Hall–Kier alpha value is -1.11. The monoisotopic (exact) mass is 203 g/mol. The van der Waals surface area contributed by atoms with Crippen molar-refractivity contribution < 1.29 is 0 Å². The van der Waals surface area contributed by atoms with E-state index in [1.165, 1.54) is 16.8 Å². The molecule has 82 valence electrons. The van der Waals surface area contributed by atoms with Gasteiger partial charge in [-0.2, -0.15) is 0 Å². The molecular weight excluding hydrogens is 182 g/mol. The third-order valence-corrected chi connectivity index (χ3v) is 2.80. The molecule has 0 fully saturated rings. The van der Waals surface area contributed by atoms with E-state index in [9.17, 15) is 0 Å². The zero-order valence-corrected chi connectivity index (χ0v) is 10.5. The Morgan fingerprint density at radius 3 is 2.47 bits per heavy atom. The van der Waals surface area contributed by atoms with Crippen molar-refractivity contribution in [2.75, 3.05) is 0 Å². The van der Waals surface area contributed by atoms with E-state index < -0.39 is 0 Å². The predicted molar refractivity (Wildman–Crippen MR) is 68.2 cm³/mol. The Labute approximate surface area is 93.2 Å². The molecule has 0 aromatic heterocycles. The molecule has 15 heavy (non-hydrogen) atoms. The summed E-state index contributed by atoms with van der Waals surface area (Å²) in [5.74, 6) is 0.523. The summed E-state index contributed by atoms with van der Waals surface area (Å²) in [5.41, 5.74) is 4.96. The summed E-state index contributed by atoms with van der Waals surface area (Å²) in [6.07, 6.45) is 1.09. The van der Waals surface area contributed by atoms with Crippen LogP contribution in [0.4, 0.5) is 5.69 Å². The molecule has 0 saturated heterocycles. The van der Waals surface area contributed by atoms with Crippen LogP contribution in [-0.2, 0) is 6.42 Å². The maximum Gasteiger partial charge on any atom is 0.0658 e. The lowest BCUT2D eigenvalue weighted by Gasteiger charge is -2.07. The molecule has 1 aromatic rings. The van der Waals surface area contributed by atoms with Crippen molar-refractivity contribution in [2.24, 2.45) is 10.9 Å². The van der Waals surface area contributed by atoms with Crippen molar-refractivity contribution >= 4 is 11.4 Å². The average molecular weight is 203 g/mol. The fourth-order valence-electron chi connectivity index (χ4n) is 1.38. The van der Waals surface area contributed by atoms with Gasteiger partial charge in [-0.1, -0.05) is 32.9 Å². The second-order valence-electron chi connectivity index (χ2n) is 4.38. The first-order valence-electron chi connectivity index (χ1n) is 5.69. The molecule has 0 N–H and O–H groups in total. The fraction of sp³-hybridized carbons (Fsp3) is 0.500. The molecule has 0 aliphatic rings. The van der Waals surface area contributed by atoms with Crippen molar-refractivity contribution in [1.82, 2.24) is 0 Å². The highest BCUT2D eigenvalue weighted by atomic mass is 14.7. The van der Waals surface area contributed by atoms with Crippen LogP contribution in [0.25, 0.3) is 0 Å². The first-order valence-corrected chi connectivity index (χ1v) is 5.69. The Bertz CT molecular complexity index is 362. The van der Waals surface area contributed by atoms with Crippen LogP contribution in [0, 0.1) is 12.8 Å². The Morgan fingerprint density at radius 2 is 2.00 bits per heavy atom. The van der Waals surface area contributed by atoms with Gasteiger partial charge in [-0.3, -0.25) is 4.99 Å². The van der Waals surface area contributed by atoms with Crippen molar-refractivity contribution in [3.05, 3.63) is 29.3 Å². The van der Waals surface area contributed by atoms with E-state index >= 15 is 0 Å². The molecular formula is C14H21N. The van der Waals surface area contributed by atoms with Crippen LogP contribution in [0.3, 0.4) is 0 Å². The van der Waals surface area contributed by atoms with Crippen molar-refractivity contribution in [2.45, 2.75) is 41.0 Å². The largest absolute Gasteiger partial charge is 0.258 e. The quantitative estimate of drug-likeness (QED) is 0.649. The van der Waals surface area contributed by atoms with Gasteiger partial charge in [0.1, 0.15) is 0 Å². The van der Waals surface area contributed by atoms with E-state index in [4.69, 9.17) is 0 Å². The van der Waals surface area contributed by atoms with Gasteiger partial charge in [0, 0.05) is 5.71 Å². The van der Waals surface area contributed by atoms with Gasteiger partial charge in [0.15, 0.2) is 0 Å². The number of aliphatic imine (C=N–C) groups is 1. The molecule has 0 heterocycles. The Morgan fingerprint density at radius 1 is 1.33 bits per heavy atom. The summed E-state index contributed by atoms with van der Waals surface area (Å²) in [4.78, 5) is 4.65. The molecule has 0 spiro atoms. The van der Waals surface area contributed by atoms with Gasteiger partial charge >= 0.3 is 0 Å². The lowest BCUT2D eigenvalue weighted by molar-refractivity contribution is 0.878. The first-order chi connectivity index (χ1) is 7.04. The van der Waals surface area contributed by atoms with Gasteiger partial charge in [0.2, 0.25) is 0 Å². The maximum atomic E-state index is 4.65. The summed E-state index contributed by atoms with van der Waals surface area (Å²) in [6.45, 7) is 10.8. The fourth-order valence-corrected chi connectivity index (χ4v) is 1.38. The smallest absolute Gasteiger partial charge is 0.0658 e. The molecule has 0 saturated carbocycles. The van der Waals surface area contributed by atoms with E-state index in [1.807, 2.05) is 0 Å². The van der Waals surface area contributed by atoms with E-state index in [2.05, 4.69) is 57.8 Å². The molecule has 0 aliphatic heterocycles. The summed E-state index contributed by atoms with van der Waals surface area (Å²) < 4.78 is 0. The molecule has 1 rings (SSSR count). The minimum atomic E-state index is 0.523. The van der Waals surface area contributed by atoms with E-state index in [0.717, 1.165) is 12.1 Å². The minimum Gasteiger partial charge on any atom is -0.258 e. The second kappa shape index (κ2) is 5.11. The zero-order valence-electron chi connectivity index (χ0n) is 10.5. The topological polar surface area (TPSA) is 12.4 Å². The standard InChI is InChI=1S/C14H21N/c1-6-13-7-8-14(11(4)9-13)15-12(5)10(2)3/h7-10H,6H2,1-5H3. The summed E-state index contributed by atoms with van der Waals surface area (Å²) in [5, 5.41) is 0. The average Bonchev–Trinajstić information content (AvgIpc) is 2.20. The van der Waals surface area contributed by atoms with Gasteiger partial charge < -0.3 is 0 Å². The molecule has 0 amide bonds. The van der Waals surface area contributed by atoms with E-state index in [-0.39, 0.29) is 0 Å². The first kappa shape index (κ1) is 12.0. The van der Waals surface area contributed by atoms with Crippen LogP contribution in [0.5, 0.6) is 0 Å². The Kier molecular flexibility index (Phi) is 4.07. The van der Waals surface area contributed by atoms with E-state index in [0.29, 0.717) is 5.92 Å². The van der Waals surface area contributed by atoms with Crippen LogP contribution in [0.2, 0.25) is 0 Å². The summed E-state index contributed by atoms with van der Waals surface area (Å²) in [6, 6.07) is 6.52. The normalized spacial score (nSPS) is 12.3. The third-order valence-electron chi connectivity index (χ3n) is 2.80. The maximum absolute atomic E-state index is 4.65. The van der Waals surface area contributed by atoms with Gasteiger partial charge in [0.05, 0.1) is 5.69 Å². The number of hydrogen-bond donors (Lipinski definition) is 0. The van der Waals surface area contributed by atoms with Crippen LogP contribution in [-0.4, -0.2) is 5.71 Å². The highest BCUT2D eigenvalue weighted by molar-refractivity contribution is 5.86. The highest BCUT2D eigenvalue weighted by Gasteiger charge is 2.01. The molecule has 1 aromatic carbocycles. The molecule has 0 bridgehead atoms. The zero-order chi connectivity index (χ0) is 11.4. The number of rotatable bonds is 3. The van der Waals surface area contributed by atoms with Crippen LogP contribution in [0.1, 0.15) is 38.8 Å². The molecule has 1 heteroatoms. The Balaban J connectivity index is 3.01. The summed E-state index contributed by atoms with van der Waals surface area (Å²) in [7, 11) is 0. The number of benzene rings is 1. The van der Waals surface area contributed by atoms with Crippen molar-refractivity contribution in [1.29, 1.82) is 0 Å². The predicted octanol–water partition coefficient (Wildman–Crippen LogP) is 4.31. The minimum absolute atomic E-state index is 0.523. The third kappa shape index (κ3) is 3.19. The van der Waals surface area contributed by atoms with Gasteiger partial charge in [-0.05, 0) is 43.4 Å². The number of nitrogens with zero attached hydrogens (tertiary/aromatic N) is 1. The number of hydrogen-bond acceptors (Lipinski definition) is 1. The molecule has 0 atom stereocenters. The molecule has 0 aliphatic carbocycles. The SMILES string of the molecule is CCc1ccc(N=C(C)C(C)C)c(C)c1. The van der Waals surface area contributed by atoms with E-state index in [1.54, 1.807) is 0 Å².